The first-order valence-electron chi connectivity index (χ1n) is 8.09. The zero-order valence-electron chi connectivity index (χ0n) is 14.6. The smallest absolute Gasteiger partial charge is 0.374 e. The molecule has 0 aliphatic rings. The van der Waals surface area contributed by atoms with Gasteiger partial charge in [0, 0.05) is 17.7 Å². The number of amides is 1. The number of Topliss-reactive ketones (excluding diaryl/α,β-unsaturated/α-hetero) is 1. The van der Waals surface area contributed by atoms with Crippen molar-refractivity contribution in [1.82, 2.24) is 0 Å². The highest BCUT2D eigenvalue weighted by atomic mass is 16.5. The molecule has 0 saturated heterocycles. The van der Waals surface area contributed by atoms with Gasteiger partial charge in [-0.25, -0.2) is 4.79 Å². The predicted molar refractivity (Wildman–Crippen MR) is 95.7 cm³/mol. The van der Waals surface area contributed by atoms with Gasteiger partial charge in [0.15, 0.2) is 0 Å². The number of para-hydroxylation sites is 1. The Bertz CT molecular complexity index is 811. The number of anilines is 1. The van der Waals surface area contributed by atoms with Crippen molar-refractivity contribution in [3.8, 4) is 0 Å². The number of ketones is 1. The Morgan fingerprint density at radius 1 is 0.960 bits per heavy atom. The molecule has 2 rings (SSSR count). The van der Waals surface area contributed by atoms with Gasteiger partial charge in [0.1, 0.15) is 0 Å². The van der Waals surface area contributed by atoms with Gasteiger partial charge in [0.05, 0.1) is 6.61 Å². The zero-order valence-corrected chi connectivity index (χ0v) is 14.6. The van der Waals surface area contributed by atoms with E-state index in [-0.39, 0.29) is 18.9 Å². The van der Waals surface area contributed by atoms with Gasteiger partial charge in [-0.3, -0.25) is 9.59 Å². The maximum Gasteiger partial charge on any atom is 0.374 e. The maximum atomic E-state index is 12.7. The Kier molecular flexibility index (Phi) is 6.06. The molecule has 0 spiro atoms. The minimum atomic E-state index is -0.880. The molecule has 2 aromatic rings. The molecule has 0 unspecified atom stereocenters. The van der Waals surface area contributed by atoms with Gasteiger partial charge in [-0.15, -0.1) is 0 Å². The molecule has 0 radical (unpaired) electrons. The van der Waals surface area contributed by atoms with Gasteiger partial charge in [-0.2, -0.15) is 0 Å². The lowest BCUT2D eigenvalue weighted by Crippen LogP contribution is -2.22. The third kappa shape index (κ3) is 4.53. The number of ether oxygens (including phenoxy) is 1. The van der Waals surface area contributed by atoms with E-state index in [0.717, 1.165) is 11.1 Å². The summed E-state index contributed by atoms with van der Waals surface area (Å²) in [7, 11) is 0. The summed E-state index contributed by atoms with van der Waals surface area (Å²) >= 11 is 0. The lowest BCUT2D eigenvalue weighted by molar-refractivity contribution is -0.153. The molecule has 0 heterocycles. The van der Waals surface area contributed by atoms with Crippen LogP contribution in [0.15, 0.2) is 42.5 Å². The highest BCUT2D eigenvalue weighted by molar-refractivity contribution is 6.34. The summed E-state index contributed by atoms with van der Waals surface area (Å²) in [6.07, 6.45) is -0.170. The molecule has 2 aromatic carbocycles. The summed E-state index contributed by atoms with van der Waals surface area (Å²) in [5.74, 6) is -1.86. The monoisotopic (exact) mass is 339 g/mol. The Labute approximate surface area is 147 Å². The molecule has 0 atom stereocenters. The van der Waals surface area contributed by atoms with Crippen LogP contribution in [0.2, 0.25) is 0 Å². The Hall–Kier alpha value is -2.95. The summed E-state index contributed by atoms with van der Waals surface area (Å²) in [6, 6.07) is 12.7. The zero-order chi connectivity index (χ0) is 18.4. The molecule has 5 nitrogen and oxygen atoms in total. The number of esters is 1. The van der Waals surface area contributed by atoms with Crippen molar-refractivity contribution in [1.29, 1.82) is 0 Å². The van der Waals surface area contributed by atoms with Crippen molar-refractivity contribution in [3.05, 3.63) is 64.7 Å². The maximum absolute atomic E-state index is 12.7. The first kappa shape index (κ1) is 18.4. The van der Waals surface area contributed by atoms with Crippen molar-refractivity contribution in [2.45, 2.75) is 27.2 Å². The predicted octanol–water partition coefficient (Wildman–Crippen LogP) is 3.23. The van der Waals surface area contributed by atoms with Crippen LogP contribution in [-0.4, -0.2) is 24.3 Å². The number of hydrogen-bond acceptors (Lipinski definition) is 4. The molecular formula is C20H21NO4. The largest absolute Gasteiger partial charge is 0.460 e. The summed E-state index contributed by atoms with van der Waals surface area (Å²) < 4.78 is 4.73. The molecule has 130 valence electrons. The van der Waals surface area contributed by atoms with Crippen LogP contribution in [0.3, 0.4) is 0 Å². The SMILES string of the molecule is CCOC(=O)C(=O)Cc1cccc(C)c1C(=O)Nc1ccccc1C. The number of rotatable bonds is 6. The molecule has 0 aliphatic heterocycles. The lowest BCUT2D eigenvalue weighted by Gasteiger charge is -2.13. The summed E-state index contributed by atoms with van der Waals surface area (Å²) in [5.41, 5.74) is 3.29. The first-order valence-corrected chi connectivity index (χ1v) is 8.09. The van der Waals surface area contributed by atoms with Crippen molar-refractivity contribution in [2.24, 2.45) is 0 Å². The van der Waals surface area contributed by atoms with Gasteiger partial charge in [0.25, 0.3) is 5.91 Å². The van der Waals surface area contributed by atoms with Gasteiger partial charge in [-0.05, 0) is 43.5 Å². The molecule has 0 aliphatic carbocycles. The molecule has 1 N–H and O–H groups in total. The van der Waals surface area contributed by atoms with Crippen molar-refractivity contribution < 1.29 is 19.1 Å². The average Bonchev–Trinajstić information content (AvgIpc) is 2.57. The van der Waals surface area contributed by atoms with E-state index < -0.39 is 11.8 Å². The first-order chi connectivity index (χ1) is 11.9. The van der Waals surface area contributed by atoms with Gasteiger partial charge < -0.3 is 10.1 Å². The van der Waals surface area contributed by atoms with Crippen LogP contribution >= 0.6 is 0 Å². The number of aryl methyl sites for hydroxylation is 2. The highest BCUT2D eigenvalue weighted by Gasteiger charge is 2.21. The van der Waals surface area contributed by atoms with Crippen LogP contribution in [0.5, 0.6) is 0 Å². The van der Waals surface area contributed by atoms with E-state index in [4.69, 9.17) is 4.74 Å². The molecule has 0 fully saturated rings. The van der Waals surface area contributed by atoms with Crippen LogP contribution < -0.4 is 5.32 Å². The molecule has 0 bridgehead atoms. The minimum Gasteiger partial charge on any atom is -0.460 e. The second-order valence-corrected chi connectivity index (χ2v) is 5.70. The molecule has 1 amide bonds. The molecular weight excluding hydrogens is 318 g/mol. The summed E-state index contributed by atoms with van der Waals surface area (Å²) in [6.45, 7) is 5.47. The number of hydrogen-bond donors (Lipinski definition) is 1. The fourth-order valence-corrected chi connectivity index (χ4v) is 2.56. The van der Waals surface area contributed by atoms with Crippen LogP contribution in [-0.2, 0) is 20.7 Å². The van der Waals surface area contributed by atoms with Gasteiger partial charge >= 0.3 is 5.97 Å². The number of carbonyl (C=O) groups is 3. The second kappa shape index (κ2) is 8.24. The Balaban J connectivity index is 2.28. The quantitative estimate of drug-likeness (QED) is 0.648. The van der Waals surface area contributed by atoms with Crippen molar-refractivity contribution >= 4 is 23.3 Å². The van der Waals surface area contributed by atoms with E-state index in [9.17, 15) is 14.4 Å². The summed E-state index contributed by atoms with van der Waals surface area (Å²) in [4.78, 5) is 36.3. The standard InChI is InChI=1S/C20H21NO4/c1-4-25-20(24)17(22)12-15-10-7-9-14(3)18(15)19(23)21-16-11-6-5-8-13(16)2/h5-11H,4,12H2,1-3H3,(H,21,23). The van der Waals surface area contributed by atoms with E-state index >= 15 is 0 Å². The van der Waals surface area contributed by atoms with E-state index in [1.165, 1.54) is 0 Å². The number of carbonyl (C=O) groups excluding carboxylic acids is 3. The fraction of sp³-hybridized carbons (Fsp3) is 0.250. The van der Waals surface area contributed by atoms with Gasteiger partial charge in [-0.1, -0.05) is 36.4 Å². The fourth-order valence-electron chi connectivity index (χ4n) is 2.56. The van der Waals surface area contributed by atoms with Crippen LogP contribution in [0, 0.1) is 13.8 Å². The molecule has 25 heavy (non-hydrogen) atoms. The third-order valence-electron chi connectivity index (χ3n) is 3.83. The van der Waals surface area contributed by atoms with Gasteiger partial charge in [0.2, 0.25) is 5.78 Å². The normalized spacial score (nSPS) is 10.2. The van der Waals surface area contributed by atoms with Crippen LogP contribution in [0.1, 0.15) is 34.0 Å². The van der Waals surface area contributed by atoms with E-state index in [0.29, 0.717) is 16.8 Å². The number of nitrogens with one attached hydrogen (secondary N) is 1. The van der Waals surface area contributed by atoms with Crippen LogP contribution in [0.25, 0.3) is 0 Å². The van der Waals surface area contributed by atoms with Crippen molar-refractivity contribution in [3.63, 3.8) is 0 Å². The number of benzene rings is 2. The van der Waals surface area contributed by atoms with E-state index in [1.807, 2.05) is 31.2 Å². The molecule has 5 heteroatoms. The Morgan fingerprint density at radius 3 is 2.32 bits per heavy atom. The second-order valence-electron chi connectivity index (χ2n) is 5.70. The minimum absolute atomic E-state index is 0.138. The van der Waals surface area contributed by atoms with E-state index in [2.05, 4.69) is 5.32 Å². The summed E-state index contributed by atoms with van der Waals surface area (Å²) in [5, 5.41) is 2.87. The lowest BCUT2D eigenvalue weighted by atomic mass is 9.97. The molecule has 0 saturated carbocycles. The third-order valence-corrected chi connectivity index (χ3v) is 3.83. The van der Waals surface area contributed by atoms with E-state index in [1.54, 1.807) is 32.0 Å². The van der Waals surface area contributed by atoms with Crippen molar-refractivity contribution in [2.75, 3.05) is 11.9 Å². The average molecular weight is 339 g/mol. The topological polar surface area (TPSA) is 72.5 Å². The van der Waals surface area contributed by atoms with Crippen LogP contribution in [0.4, 0.5) is 5.69 Å². The highest BCUT2D eigenvalue weighted by Crippen LogP contribution is 2.20. The molecule has 0 aromatic heterocycles. The Morgan fingerprint density at radius 2 is 1.64 bits per heavy atom.